The zero-order valence-electron chi connectivity index (χ0n) is 8.49. The maximum absolute atomic E-state index is 12.6. The first kappa shape index (κ1) is 10.5. The van der Waals surface area contributed by atoms with Crippen LogP contribution in [0.25, 0.3) is 0 Å². The van der Waals surface area contributed by atoms with Crippen LogP contribution in [0.1, 0.15) is 31.1 Å². The average molecular weight is 210 g/mol. The number of hydrogen-bond acceptors (Lipinski definition) is 3. The molecule has 0 aromatic carbocycles. The predicted molar refractivity (Wildman–Crippen MR) is 54.8 cm³/mol. The van der Waals surface area contributed by atoms with Crippen molar-refractivity contribution in [2.24, 2.45) is 0 Å². The Bertz CT molecular complexity index is 309. The van der Waals surface area contributed by atoms with Crippen molar-refractivity contribution in [3.05, 3.63) is 29.8 Å². The maximum atomic E-state index is 12.6. The lowest BCUT2D eigenvalue weighted by molar-refractivity contribution is 0.150. The monoisotopic (exact) mass is 210 g/mol. The number of pyridine rings is 1. The first-order valence-electron chi connectivity index (χ1n) is 5.28. The van der Waals surface area contributed by atoms with Gasteiger partial charge in [0.2, 0.25) is 0 Å². The molecule has 1 aromatic heterocycles. The summed E-state index contributed by atoms with van der Waals surface area (Å²) < 4.78 is 12.6. The molecule has 1 aromatic rings. The van der Waals surface area contributed by atoms with Gasteiger partial charge >= 0.3 is 0 Å². The topological polar surface area (TPSA) is 45.1 Å². The van der Waals surface area contributed by atoms with E-state index < -0.39 is 6.10 Å². The molecule has 0 amide bonds. The van der Waals surface area contributed by atoms with Crippen molar-refractivity contribution < 1.29 is 9.50 Å². The van der Waals surface area contributed by atoms with Gasteiger partial charge in [0.05, 0.1) is 18.0 Å². The Balaban J connectivity index is 1.94. The Morgan fingerprint density at radius 2 is 2.47 bits per heavy atom. The maximum Gasteiger partial charge on any atom is 0.141 e. The summed E-state index contributed by atoms with van der Waals surface area (Å²) in [7, 11) is 0. The fourth-order valence-electron chi connectivity index (χ4n) is 1.93. The zero-order chi connectivity index (χ0) is 10.7. The number of nitrogens with zero attached hydrogens (tertiary/aromatic N) is 1. The molecule has 2 N–H and O–H groups in total. The minimum atomic E-state index is -0.596. The molecule has 0 bridgehead atoms. The lowest BCUT2D eigenvalue weighted by Gasteiger charge is -2.15. The van der Waals surface area contributed by atoms with Gasteiger partial charge in [-0.3, -0.25) is 4.98 Å². The van der Waals surface area contributed by atoms with Crippen molar-refractivity contribution in [2.45, 2.75) is 31.4 Å². The van der Waals surface area contributed by atoms with Gasteiger partial charge in [0.25, 0.3) is 0 Å². The van der Waals surface area contributed by atoms with Crippen molar-refractivity contribution in [1.29, 1.82) is 0 Å². The standard InChI is InChI=1S/C11H15FN2O/c12-8-3-4-10(14-7-8)11(15)6-9-2-1-5-13-9/h3-4,7,9,11,13,15H,1-2,5-6H2. The van der Waals surface area contributed by atoms with Crippen molar-refractivity contribution in [3.63, 3.8) is 0 Å². The number of rotatable bonds is 3. The van der Waals surface area contributed by atoms with Crippen LogP contribution in [0.15, 0.2) is 18.3 Å². The number of aliphatic hydroxyl groups excluding tert-OH is 1. The van der Waals surface area contributed by atoms with Gasteiger partial charge in [-0.1, -0.05) is 0 Å². The van der Waals surface area contributed by atoms with Gasteiger partial charge in [0, 0.05) is 6.04 Å². The molecule has 0 saturated carbocycles. The minimum absolute atomic E-state index is 0.367. The number of aromatic nitrogens is 1. The van der Waals surface area contributed by atoms with Gasteiger partial charge in [0.15, 0.2) is 0 Å². The highest BCUT2D eigenvalue weighted by Gasteiger charge is 2.19. The normalized spacial score (nSPS) is 22.9. The first-order valence-corrected chi connectivity index (χ1v) is 5.28. The van der Waals surface area contributed by atoms with Crippen LogP contribution in [0.3, 0.4) is 0 Å². The second kappa shape index (κ2) is 4.68. The number of nitrogens with one attached hydrogen (secondary N) is 1. The van der Waals surface area contributed by atoms with E-state index in [2.05, 4.69) is 10.3 Å². The third-order valence-electron chi connectivity index (χ3n) is 2.76. The summed E-state index contributed by atoms with van der Waals surface area (Å²) in [5.41, 5.74) is 0.546. The molecule has 4 heteroatoms. The molecule has 1 aliphatic rings. The van der Waals surface area contributed by atoms with E-state index in [-0.39, 0.29) is 5.82 Å². The summed E-state index contributed by atoms with van der Waals surface area (Å²) >= 11 is 0. The molecule has 1 saturated heterocycles. The average Bonchev–Trinajstić information content (AvgIpc) is 2.71. The van der Waals surface area contributed by atoms with Gasteiger partial charge in [-0.25, -0.2) is 4.39 Å². The third-order valence-corrected chi connectivity index (χ3v) is 2.76. The highest BCUT2D eigenvalue weighted by atomic mass is 19.1. The van der Waals surface area contributed by atoms with Gasteiger partial charge in [-0.15, -0.1) is 0 Å². The lowest BCUT2D eigenvalue weighted by atomic mass is 10.1. The Morgan fingerprint density at radius 3 is 3.07 bits per heavy atom. The summed E-state index contributed by atoms with van der Waals surface area (Å²) in [5.74, 6) is -0.370. The van der Waals surface area contributed by atoms with Crippen LogP contribution in [0.2, 0.25) is 0 Å². The van der Waals surface area contributed by atoms with Crippen LogP contribution >= 0.6 is 0 Å². The molecule has 3 nitrogen and oxygen atoms in total. The van der Waals surface area contributed by atoms with Crippen molar-refractivity contribution in [2.75, 3.05) is 6.54 Å². The van der Waals surface area contributed by atoms with Crippen molar-refractivity contribution in [3.8, 4) is 0 Å². The molecular formula is C11H15FN2O. The molecule has 1 fully saturated rings. The van der Waals surface area contributed by atoms with Crippen LogP contribution in [0, 0.1) is 5.82 Å². The van der Waals surface area contributed by atoms with E-state index >= 15 is 0 Å². The van der Waals surface area contributed by atoms with E-state index in [9.17, 15) is 9.50 Å². The second-order valence-electron chi connectivity index (χ2n) is 3.95. The molecule has 0 spiro atoms. The summed E-state index contributed by atoms with van der Waals surface area (Å²) in [6, 6.07) is 3.23. The Morgan fingerprint density at radius 1 is 1.60 bits per heavy atom. The van der Waals surface area contributed by atoms with Gasteiger partial charge in [0.1, 0.15) is 5.82 Å². The Labute approximate surface area is 88.3 Å². The number of halogens is 1. The summed E-state index contributed by atoms with van der Waals surface area (Å²) in [5, 5.41) is 13.2. The lowest BCUT2D eigenvalue weighted by Crippen LogP contribution is -2.24. The fourth-order valence-corrected chi connectivity index (χ4v) is 1.93. The predicted octanol–water partition coefficient (Wildman–Crippen LogP) is 1.40. The van der Waals surface area contributed by atoms with E-state index in [0.29, 0.717) is 18.2 Å². The van der Waals surface area contributed by atoms with Gasteiger partial charge < -0.3 is 10.4 Å². The smallest absolute Gasteiger partial charge is 0.141 e. The van der Waals surface area contributed by atoms with E-state index in [1.54, 1.807) is 0 Å². The van der Waals surface area contributed by atoms with E-state index in [1.165, 1.54) is 12.1 Å². The summed E-state index contributed by atoms with van der Waals surface area (Å²) in [4.78, 5) is 3.87. The SMILES string of the molecule is OC(CC1CCCN1)c1ccc(F)cn1. The number of hydrogen-bond donors (Lipinski definition) is 2. The van der Waals surface area contributed by atoms with E-state index in [4.69, 9.17) is 0 Å². The van der Waals surface area contributed by atoms with Crippen molar-refractivity contribution in [1.82, 2.24) is 10.3 Å². The molecule has 2 atom stereocenters. The third kappa shape index (κ3) is 2.73. The number of aliphatic hydroxyl groups is 1. The molecule has 1 aliphatic heterocycles. The van der Waals surface area contributed by atoms with Crippen LogP contribution in [0.4, 0.5) is 4.39 Å². The van der Waals surface area contributed by atoms with E-state index in [0.717, 1.165) is 25.6 Å². The highest BCUT2D eigenvalue weighted by molar-refractivity contribution is 5.08. The Hall–Kier alpha value is -1.00. The molecule has 0 aliphatic carbocycles. The summed E-state index contributed by atoms with van der Waals surface area (Å²) in [6.07, 6.45) is 3.45. The second-order valence-corrected chi connectivity index (χ2v) is 3.95. The molecule has 2 unspecified atom stereocenters. The molecule has 2 rings (SSSR count). The van der Waals surface area contributed by atoms with E-state index in [1.807, 2.05) is 0 Å². The first-order chi connectivity index (χ1) is 7.25. The fraction of sp³-hybridized carbons (Fsp3) is 0.545. The quantitative estimate of drug-likeness (QED) is 0.792. The molecule has 82 valence electrons. The van der Waals surface area contributed by atoms with Crippen LogP contribution in [-0.2, 0) is 0 Å². The molecule has 2 heterocycles. The highest BCUT2D eigenvalue weighted by Crippen LogP contribution is 2.20. The molecule has 15 heavy (non-hydrogen) atoms. The minimum Gasteiger partial charge on any atom is -0.387 e. The molecule has 0 radical (unpaired) electrons. The van der Waals surface area contributed by atoms with Gasteiger partial charge in [-0.05, 0) is 37.9 Å². The van der Waals surface area contributed by atoms with Crippen molar-refractivity contribution >= 4 is 0 Å². The summed E-state index contributed by atoms with van der Waals surface area (Å²) in [6.45, 7) is 1.02. The van der Waals surface area contributed by atoms with Crippen LogP contribution < -0.4 is 5.32 Å². The van der Waals surface area contributed by atoms with Crippen LogP contribution in [0.5, 0.6) is 0 Å². The van der Waals surface area contributed by atoms with Gasteiger partial charge in [-0.2, -0.15) is 0 Å². The van der Waals surface area contributed by atoms with Crippen LogP contribution in [-0.4, -0.2) is 22.7 Å². The molecular weight excluding hydrogens is 195 g/mol. The largest absolute Gasteiger partial charge is 0.387 e. The zero-order valence-corrected chi connectivity index (χ0v) is 8.49. The Kier molecular flexibility index (Phi) is 3.28.